The zero-order chi connectivity index (χ0) is 30.1. The molecule has 3 heterocycles. The average Bonchev–Trinajstić information content (AvgIpc) is 3.75. The number of nitrogens with one attached hydrogen (secondary N) is 3. The number of carbonyl (C=O) groups excluding carboxylic acids is 1. The second-order valence-corrected chi connectivity index (χ2v) is 10.5. The Morgan fingerprint density at radius 3 is 2.40 bits per heavy atom. The lowest BCUT2D eigenvalue weighted by Gasteiger charge is -2.09. The second-order valence-electron chi connectivity index (χ2n) is 10.5. The summed E-state index contributed by atoms with van der Waals surface area (Å²) in [4.78, 5) is 50.5. The Morgan fingerprint density at radius 2 is 1.74 bits per heavy atom. The lowest BCUT2D eigenvalue weighted by molar-refractivity contribution is 0.0950. The van der Waals surface area contributed by atoms with Crippen molar-refractivity contribution < 1.29 is 13.6 Å². The minimum absolute atomic E-state index is 0.0386. The smallest absolute Gasteiger partial charge is 0.333 e. The van der Waals surface area contributed by atoms with Crippen molar-refractivity contribution in [2.24, 2.45) is 0 Å². The summed E-state index contributed by atoms with van der Waals surface area (Å²) >= 11 is 0. The zero-order valence-electron chi connectivity index (χ0n) is 23.4. The van der Waals surface area contributed by atoms with Gasteiger partial charge in [0.05, 0.1) is 0 Å². The van der Waals surface area contributed by atoms with Gasteiger partial charge < -0.3 is 15.6 Å². The summed E-state index contributed by atoms with van der Waals surface area (Å²) in [5, 5.41) is 5.96. The number of nitrogens with zero attached hydrogens (tertiary/aromatic N) is 4. The molecule has 0 unspecified atom stereocenters. The van der Waals surface area contributed by atoms with E-state index in [0.29, 0.717) is 41.5 Å². The van der Waals surface area contributed by atoms with Crippen molar-refractivity contribution in [1.82, 2.24) is 29.4 Å². The molecule has 1 amide bonds. The van der Waals surface area contributed by atoms with Crippen LogP contribution in [-0.2, 0) is 19.6 Å². The monoisotopic (exact) mass is 585 g/mol. The molecule has 6 rings (SSSR count). The van der Waals surface area contributed by atoms with Gasteiger partial charge in [-0.15, -0.1) is 0 Å². The molecule has 5 aromatic rings. The molecule has 3 N–H and O–H groups in total. The van der Waals surface area contributed by atoms with E-state index in [0.717, 1.165) is 42.5 Å². The number of imidazole rings is 1. The van der Waals surface area contributed by atoms with Crippen molar-refractivity contribution in [3.8, 4) is 11.4 Å². The molecule has 1 fully saturated rings. The van der Waals surface area contributed by atoms with Crippen LogP contribution in [0.5, 0.6) is 0 Å². The van der Waals surface area contributed by atoms with Crippen molar-refractivity contribution in [2.75, 3.05) is 5.32 Å². The number of halogens is 2. The molecule has 2 aromatic carbocycles. The van der Waals surface area contributed by atoms with Crippen molar-refractivity contribution >= 4 is 22.9 Å². The summed E-state index contributed by atoms with van der Waals surface area (Å²) in [5.74, 6) is -1.45. The standard InChI is InChI=1S/C31H29F2N7O3/c1-2-13-39-28-26(30(42)40(31(39)43)22-9-10-22)37-27(38-28)21-8-12-25(35-17-21)34-15-18-3-5-19(6-4-18)16-36-29(41)20-7-11-23(32)24(33)14-20/h3-8,11-12,14,17,22H,2,9-10,13,15-16H2,1H3,(H,34,35)(H,36,41)(H,37,38). The fourth-order valence-corrected chi connectivity index (χ4v) is 4.88. The van der Waals surface area contributed by atoms with Gasteiger partial charge >= 0.3 is 5.69 Å². The van der Waals surface area contributed by atoms with Crippen LogP contribution in [0.4, 0.5) is 14.6 Å². The quantitative estimate of drug-likeness (QED) is 0.221. The lowest BCUT2D eigenvalue weighted by Crippen LogP contribution is -2.39. The summed E-state index contributed by atoms with van der Waals surface area (Å²) in [7, 11) is 0. The van der Waals surface area contributed by atoms with Crippen LogP contribution < -0.4 is 21.9 Å². The minimum Gasteiger partial charge on any atom is -0.366 e. The molecule has 1 aliphatic rings. The fourth-order valence-electron chi connectivity index (χ4n) is 4.88. The molecule has 0 atom stereocenters. The zero-order valence-corrected chi connectivity index (χ0v) is 23.4. The van der Waals surface area contributed by atoms with Crippen molar-refractivity contribution in [3.05, 3.63) is 110 Å². The van der Waals surface area contributed by atoms with Gasteiger partial charge in [-0.3, -0.25) is 18.7 Å². The first kappa shape index (κ1) is 28.0. The van der Waals surface area contributed by atoms with Crippen LogP contribution in [0.15, 0.2) is 70.4 Å². The van der Waals surface area contributed by atoms with E-state index in [1.54, 1.807) is 10.8 Å². The van der Waals surface area contributed by atoms with Crippen LogP contribution >= 0.6 is 0 Å². The van der Waals surface area contributed by atoms with E-state index in [4.69, 9.17) is 0 Å². The average molecular weight is 586 g/mol. The first-order valence-electron chi connectivity index (χ1n) is 14.1. The number of pyridine rings is 1. The predicted molar refractivity (Wildman–Crippen MR) is 158 cm³/mol. The number of H-pyrrole nitrogens is 1. The third kappa shape index (κ3) is 5.81. The highest BCUT2D eigenvalue weighted by atomic mass is 19.2. The molecule has 12 heteroatoms. The molecule has 0 spiro atoms. The number of rotatable bonds is 10. The van der Waals surface area contributed by atoms with E-state index >= 15 is 0 Å². The van der Waals surface area contributed by atoms with Crippen LogP contribution in [-0.4, -0.2) is 30.0 Å². The van der Waals surface area contributed by atoms with Gasteiger partial charge in [-0.2, -0.15) is 0 Å². The maximum absolute atomic E-state index is 13.4. The number of benzene rings is 2. The van der Waals surface area contributed by atoms with Crippen molar-refractivity contribution in [3.63, 3.8) is 0 Å². The first-order valence-corrected chi connectivity index (χ1v) is 14.1. The maximum atomic E-state index is 13.4. The van der Waals surface area contributed by atoms with E-state index in [2.05, 4.69) is 25.6 Å². The summed E-state index contributed by atoms with van der Waals surface area (Å²) in [5.41, 5.74) is 2.61. The van der Waals surface area contributed by atoms with Gasteiger partial charge in [0, 0.05) is 43.0 Å². The Bertz CT molecular complexity index is 1930. The number of amides is 1. The summed E-state index contributed by atoms with van der Waals surface area (Å²) in [6, 6.07) is 14.2. The predicted octanol–water partition coefficient (Wildman–Crippen LogP) is 4.51. The molecule has 10 nitrogen and oxygen atoms in total. The molecule has 1 saturated carbocycles. The topological polar surface area (TPSA) is 127 Å². The van der Waals surface area contributed by atoms with Crippen LogP contribution in [0.1, 0.15) is 53.7 Å². The van der Waals surface area contributed by atoms with Gasteiger partial charge in [-0.25, -0.2) is 23.5 Å². The normalized spacial score (nSPS) is 12.9. The molecular weight excluding hydrogens is 556 g/mol. The van der Waals surface area contributed by atoms with Crippen molar-refractivity contribution in [1.29, 1.82) is 0 Å². The number of aromatic nitrogens is 5. The molecule has 3 aromatic heterocycles. The Labute approximate surface area is 244 Å². The number of fused-ring (bicyclic) bond motifs is 1. The SMILES string of the molecule is CCCn1c(=O)n(C2CC2)c(=O)c2[nH]c(-c3ccc(NCc4ccc(CNC(=O)c5ccc(F)c(F)c5)cc4)nc3)nc21. The maximum Gasteiger partial charge on any atom is 0.333 e. The minimum atomic E-state index is -1.07. The Balaban J connectivity index is 1.09. The molecule has 0 radical (unpaired) electrons. The number of hydrogen-bond donors (Lipinski definition) is 3. The third-order valence-corrected chi connectivity index (χ3v) is 7.34. The van der Waals surface area contributed by atoms with Crippen molar-refractivity contribution in [2.45, 2.75) is 51.9 Å². The molecule has 0 bridgehead atoms. The number of carbonyl (C=O) groups is 1. The third-order valence-electron chi connectivity index (χ3n) is 7.34. The van der Waals surface area contributed by atoms with Gasteiger partial charge in [0.25, 0.3) is 11.5 Å². The number of anilines is 1. The van der Waals surface area contributed by atoms with Gasteiger partial charge in [-0.1, -0.05) is 31.2 Å². The van der Waals surface area contributed by atoms with Gasteiger partial charge in [0.1, 0.15) is 17.2 Å². The molecule has 0 aliphatic heterocycles. The van der Waals surface area contributed by atoms with E-state index in [-0.39, 0.29) is 29.4 Å². The highest BCUT2D eigenvalue weighted by Crippen LogP contribution is 2.32. The van der Waals surface area contributed by atoms with Gasteiger partial charge in [0.15, 0.2) is 17.3 Å². The molecule has 220 valence electrons. The summed E-state index contributed by atoms with van der Waals surface area (Å²) in [6.45, 7) is 3.19. The van der Waals surface area contributed by atoms with E-state index in [9.17, 15) is 23.2 Å². The highest BCUT2D eigenvalue weighted by molar-refractivity contribution is 5.94. The summed E-state index contributed by atoms with van der Waals surface area (Å²) in [6.07, 6.45) is 4.05. The Morgan fingerprint density at radius 1 is 1.00 bits per heavy atom. The fraction of sp³-hybridized carbons (Fsp3) is 0.258. The first-order chi connectivity index (χ1) is 20.8. The van der Waals surface area contributed by atoms with Crippen LogP contribution in [0.2, 0.25) is 0 Å². The molecular formula is C31H29F2N7O3. The van der Waals surface area contributed by atoms with E-state index in [1.807, 2.05) is 43.3 Å². The number of hydrogen-bond acceptors (Lipinski definition) is 6. The van der Waals surface area contributed by atoms with Crippen LogP contribution in [0.3, 0.4) is 0 Å². The lowest BCUT2D eigenvalue weighted by atomic mass is 10.1. The van der Waals surface area contributed by atoms with Crippen LogP contribution in [0, 0.1) is 11.6 Å². The van der Waals surface area contributed by atoms with E-state index in [1.165, 1.54) is 10.6 Å². The van der Waals surface area contributed by atoms with Crippen LogP contribution in [0.25, 0.3) is 22.6 Å². The Kier molecular flexibility index (Phi) is 7.58. The van der Waals surface area contributed by atoms with Gasteiger partial charge in [0.2, 0.25) is 0 Å². The Hall–Kier alpha value is -5.13. The number of aryl methyl sites for hydroxylation is 1. The van der Waals surface area contributed by atoms with E-state index < -0.39 is 17.5 Å². The van der Waals surface area contributed by atoms with Gasteiger partial charge in [-0.05, 0) is 60.7 Å². The summed E-state index contributed by atoms with van der Waals surface area (Å²) < 4.78 is 29.4. The highest BCUT2D eigenvalue weighted by Gasteiger charge is 2.30. The molecule has 0 saturated heterocycles. The largest absolute Gasteiger partial charge is 0.366 e. The molecule has 43 heavy (non-hydrogen) atoms. The second kappa shape index (κ2) is 11.6. The molecule has 1 aliphatic carbocycles. The number of aromatic amines is 1.